The number of hydrogen-bond acceptors (Lipinski definition) is 3. The summed E-state index contributed by atoms with van der Waals surface area (Å²) in [5.74, 6) is 0. The second-order valence-corrected chi connectivity index (χ2v) is 4.15. The predicted octanol–water partition coefficient (Wildman–Crippen LogP) is 3.07. The van der Waals surface area contributed by atoms with Gasteiger partial charge in [0.05, 0.1) is 4.92 Å². The van der Waals surface area contributed by atoms with E-state index in [4.69, 9.17) is 17.3 Å². The second kappa shape index (κ2) is 5.53. The van der Waals surface area contributed by atoms with Gasteiger partial charge in [-0.15, -0.1) is 0 Å². The number of alkyl halides is 3. The quantitative estimate of drug-likeness (QED) is 0.681. The summed E-state index contributed by atoms with van der Waals surface area (Å²) >= 11 is 5.65. The number of halogens is 4. The van der Waals surface area contributed by atoms with E-state index in [2.05, 4.69) is 0 Å². The van der Waals surface area contributed by atoms with Crippen LogP contribution < -0.4 is 5.73 Å². The maximum absolute atomic E-state index is 12.2. The van der Waals surface area contributed by atoms with Crippen LogP contribution in [0.4, 0.5) is 18.9 Å². The van der Waals surface area contributed by atoms with Crippen LogP contribution in [0.2, 0.25) is 5.02 Å². The molecule has 1 atom stereocenters. The van der Waals surface area contributed by atoms with E-state index in [9.17, 15) is 23.3 Å². The Morgan fingerprint density at radius 2 is 2.06 bits per heavy atom. The van der Waals surface area contributed by atoms with Gasteiger partial charge in [-0.05, 0) is 25.0 Å². The Bertz CT molecular complexity index is 451. The van der Waals surface area contributed by atoms with E-state index in [-0.39, 0.29) is 22.7 Å². The van der Waals surface area contributed by atoms with Gasteiger partial charge in [0.2, 0.25) is 0 Å². The number of hydrogen-bond donors (Lipinski definition) is 1. The normalized spacial score (nSPS) is 13.4. The molecule has 4 nitrogen and oxygen atoms in total. The van der Waals surface area contributed by atoms with Crippen molar-refractivity contribution in [3.05, 3.63) is 38.9 Å². The number of rotatable bonds is 4. The third kappa shape index (κ3) is 3.85. The summed E-state index contributed by atoms with van der Waals surface area (Å²) in [6, 6.07) is 1.75. The minimum atomic E-state index is -4.51. The van der Waals surface area contributed by atoms with E-state index in [0.717, 1.165) is 6.07 Å². The molecule has 0 spiro atoms. The van der Waals surface area contributed by atoms with Crippen molar-refractivity contribution in [2.24, 2.45) is 5.73 Å². The molecular weight excluding hydrogens is 273 g/mol. The average molecular weight is 283 g/mol. The SMILES string of the molecule is NC(CCc1cc(Cl)ccc1[N+](=O)[O-])C(F)(F)F. The van der Waals surface area contributed by atoms with Gasteiger partial charge < -0.3 is 5.73 Å². The number of aryl methyl sites for hydroxylation is 1. The van der Waals surface area contributed by atoms with Gasteiger partial charge in [-0.25, -0.2) is 0 Å². The molecule has 18 heavy (non-hydrogen) atoms. The van der Waals surface area contributed by atoms with Gasteiger partial charge in [0.25, 0.3) is 5.69 Å². The lowest BCUT2D eigenvalue weighted by atomic mass is 10.0. The van der Waals surface area contributed by atoms with Gasteiger partial charge in [0, 0.05) is 16.7 Å². The first-order valence-electron chi connectivity index (χ1n) is 4.97. The van der Waals surface area contributed by atoms with E-state index in [1.54, 1.807) is 0 Å². The monoisotopic (exact) mass is 282 g/mol. The first-order valence-corrected chi connectivity index (χ1v) is 5.34. The summed E-state index contributed by atoms with van der Waals surface area (Å²) in [6.45, 7) is 0. The minimum Gasteiger partial charge on any atom is -0.320 e. The molecule has 0 saturated carbocycles. The topological polar surface area (TPSA) is 69.2 Å². The first-order chi connectivity index (χ1) is 8.21. The fraction of sp³-hybridized carbons (Fsp3) is 0.400. The van der Waals surface area contributed by atoms with Crippen molar-refractivity contribution >= 4 is 17.3 Å². The lowest BCUT2D eigenvalue weighted by Crippen LogP contribution is -2.37. The summed E-state index contributed by atoms with van der Waals surface area (Å²) in [5.41, 5.74) is 4.82. The summed E-state index contributed by atoms with van der Waals surface area (Å²) in [6.07, 6.45) is -5.09. The third-order valence-corrected chi connectivity index (χ3v) is 2.62. The Hall–Kier alpha value is -1.34. The van der Waals surface area contributed by atoms with Gasteiger partial charge in [0.15, 0.2) is 0 Å². The minimum absolute atomic E-state index is 0.146. The van der Waals surface area contributed by atoms with Crippen LogP contribution in [0, 0.1) is 10.1 Å². The van der Waals surface area contributed by atoms with Crippen molar-refractivity contribution in [2.75, 3.05) is 0 Å². The lowest BCUT2D eigenvalue weighted by molar-refractivity contribution is -0.385. The zero-order valence-corrected chi connectivity index (χ0v) is 9.83. The molecule has 0 aliphatic carbocycles. The molecule has 0 bridgehead atoms. The molecule has 8 heteroatoms. The molecule has 0 aliphatic heterocycles. The summed E-state index contributed by atoms with van der Waals surface area (Å²) in [5, 5.41) is 10.9. The standard InChI is InChI=1S/C10H10ClF3N2O2/c11-7-2-3-8(16(17)18)6(5-7)1-4-9(15)10(12,13)14/h2-3,5,9H,1,4,15H2. The van der Waals surface area contributed by atoms with Crippen LogP contribution in [0.15, 0.2) is 18.2 Å². The van der Waals surface area contributed by atoms with Crippen LogP contribution in [0.5, 0.6) is 0 Å². The zero-order valence-electron chi connectivity index (χ0n) is 9.08. The van der Waals surface area contributed by atoms with Crippen molar-refractivity contribution in [3.8, 4) is 0 Å². The van der Waals surface area contributed by atoms with E-state index in [1.807, 2.05) is 0 Å². The molecule has 1 rings (SSSR count). The maximum atomic E-state index is 12.2. The molecule has 2 N–H and O–H groups in total. The molecule has 100 valence electrons. The highest BCUT2D eigenvalue weighted by Crippen LogP contribution is 2.27. The van der Waals surface area contributed by atoms with Crippen LogP contribution in [-0.4, -0.2) is 17.1 Å². The molecule has 0 heterocycles. The number of benzene rings is 1. The Balaban J connectivity index is 2.84. The largest absolute Gasteiger partial charge is 0.403 e. The van der Waals surface area contributed by atoms with Crippen LogP contribution in [-0.2, 0) is 6.42 Å². The predicted molar refractivity (Wildman–Crippen MR) is 60.5 cm³/mol. The molecule has 1 aromatic carbocycles. The van der Waals surface area contributed by atoms with Crippen molar-refractivity contribution in [1.29, 1.82) is 0 Å². The van der Waals surface area contributed by atoms with Crippen LogP contribution >= 0.6 is 11.6 Å². The summed E-state index contributed by atoms with van der Waals surface area (Å²) in [7, 11) is 0. The molecular formula is C10H10ClF3N2O2. The van der Waals surface area contributed by atoms with Gasteiger partial charge in [-0.2, -0.15) is 13.2 Å². The summed E-state index contributed by atoms with van der Waals surface area (Å²) in [4.78, 5) is 10.0. The molecule has 0 amide bonds. The van der Waals surface area contributed by atoms with Crippen molar-refractivity contribution in [2.45, 2.75) is 25.1 Å². The van der Waals surface area contributed by atoms with Crippen molar-refractivity contribution < 1.29 is 18.1 Å². The molecule has 1 unspecified atom stereocenters. The number of nitro benzene ring substituents is 1. The van der Waals surface area contributed by atoms with E-state index < -0.39 is 23.6 Å². The number of nitro groups is 1. The van der Waals surface area contributed by atoms with Crippen LogP contribution in [0.25, 0.3) is 0 Å². The first kappa shape index (κ1) is 14.7. The van der Waals surface area contributed by atoms with Gasteiger partial charge in [-0.1, -0.05) is 11.6 Å². The Labute approximate surface area is 106 Å². The highest BCUT2D eigenvalue weighted by Gasteiger charge is 2.36. The molecule has 0 saturated heterocycles. The number of nitrogens with zero attached hydrogens (tertiary/aromatic N) is 1. The van der Waals surface area contributed by atoms with E-state index in [1.165, 1.54) is 12.1 Å². The summed E-state index contributed by atoms with van der Waals surface area (Å²) < 4.78 is 36.6. The number of nitrogens with two attached hydrogens (primary N) is 1. The Morgan fingerprint density at radius 3 is 2.56 bits per heavy atom. The highest BCUT2D eigenvalue weighted by atomic mass is 35.5. The molecule has 0 fully saturated rings. The molecule has 0 aromatic heterocycles. The van der Waals surface area contributed by atoms with Gasteiger partial charge in [-0.3, -0.25) is 10.1 Å². The second-order valence-electron chi connectivity index (χ2n) is 3.72. The van der Waals surface area contributed by atoms with Crippen molar-refractivity contribution in [3.63, 3.8) is 0 Å². The lowest BCUT2D eigenvalue weighted by Gasteiger charge is -2.15. The smallest absolute Gasteiger partial charge is 0.320 e. The molecule has 0 radical (unpaired) electrons. The maximum Gasteiger partial charge on any atom is 0.403 e. The van der Waals surface area contributed by atoms with Crippen LogP contribution in [0.3, 0.4) is 0 Å². The fourth-order valence-electron chi connectivity index (χ4n) is 1.41. The fourth-order valence-corrected chi connectivity index (χ4v) is 1.60. The molecule has 1 aromatic rings. The third-order valence-electron chi connectivity index (χ3n) is 2.38. The van der Waals surface area contributed by atoms with Gasteiger partial charge in [0.1, 0.15) is 6.04 Å². The van der Waals surface area contributed by atoms with Crippen molar-refractivity contribution in [1.82, 2.24) is 0 Å². The average Bonchev–Trinajstić information content (AvgIpc) is 2.24. The zero-order chi connectivity index (χ0) is 13.9. The highest BCUT2D eigenvalue weighted by molar-refractivity contribution is 6.30. The van der Waals surface area contributed by atoms with Crippen LogP contribution in [0.1, 0.15) is 12.0 Å². The Kier molecular flexibility index (Phi) is 4.53. The molecule has 0 aliphatic rings. The Morgan fingerprint density at radius 1 is 1.44 bits per heavy atom. The van der Waals surface area contributed by atoms with Gasteiger partial charge >= 0.3 is 6.18 Å². The van der Waals surface area contributed by atoms with E-state index >= 15 is 0 Å². The van der Waals surface area contributed by atoms with E-state index in [0.29, 0.717) is 0 Å².